The highest BCUT2D eigenvalue weighted by molar-refractivity contribution is 8.22. The van der Waals surface area contributed by atoms with Crippen LogP contribution in [0.15, 0.2) is 21.3 Å². The number of likely N-dealkylation sites (tertiary alicyclic amines) is 1. The van der Waals surface area contributed by atoms with E-state index in [1.165, 1.54) is 12.8 Å². The average Bonchev–Trinajstić information content (AvgIpc) is 3.14. The number of nitrogens with zero attached hydrogens (tertiary/aromatic N) is 3. The fourth-order valence-electron chi connectivity index (χ4n) is 1.93. The van der Waals surface area contributed by atoms with Gasteiger partial charge in [-0.3, -0.25) is 0 Å². The van der Waals surface area contributed by atoms with Gasteiger partial charge < -0.3 is 9.42 Å². The van der Waals surface area contributed by atoms with Gasteiger partial charge in [-0.05, 0) is 24.3 Å². The van der Waals surface area contributed by atoms with Crippen molar-refractivity contribution in [3.8, 4) is 11.5 Å². The molecule has 1 fully saturated rings. The zero-order valence-corrected chi connectivity index (χ0v) is 12.7. The van der Waals surface area contributed by atoms with Crippen LogP contribution in [0, 0.1) is 0 Å². The Labute approximate surface area is 125 Å². The van der Waals surface area contributed by atoms with Crippen molar-refractivity contribution in [2.75, 3.05) is 13.1 Å². The molecule has 0 unspecified atom stereocenters. The molecule has 0 saturated carbocycles. The smallest absolute Gasteiger partial charge is 0.258 e. The van der Waals surface area contributed by atoms with Crippen LogP contribution in [0.25, 0.3) is 11.5 Å². The molecule has 7 heteroatoms. The van der Waals surface area contributed by atoms with E-state index in [0.29, 0.717) is 17.5 Å². The Kier molecular flexibility index (Phi) is 4.15. The van der Waals surface area contributed by atoms with Gasteiger partial charge in [0.15, 0.2) is 5.82 Å². The minimum Gasteiger partial charge on any atom is -0.358 e. The van der Waals surface area contributed by atoms with Crippen molar-refractivity contribution in [2.24, 2.45) is 0 Å². The fourth-order valence-corrected chi connectivity index (χ4v) is 3.66. The first-order valence-corrected chi connectivity index (χ1v) is 8.43. The van der Waals surface area contributed by atoms with Crippen LogP contribution in [0.3, 0.4) is 0 Å². The summed E-state index contributed by atoms with van der Waals surface area (Å²) in [4.78, 5) is 6.63. The molecule has 0 N–H and O–H groups in total. The number of aromatic nitrogens is 2. The lowest BCUT2D eigenvalue weighted by molar-refractivity contribution is 0.425. The van der Waals surface area contributed by atoms with Crippen LogP contribution in [-0.4, -0.2) is 32.5 Å². The first-order valence-electron chi connectivity index (χ1n) is 6.10. The van der Waals surface area contributed by atoms with Crippen molar-refractivity contribution >= 4 is 39.6 Å². The van der Waals surface area contributed by atoms with Gasteiger partial charge in [0.05, 0.1) is 11.3 Å². The van der Waals surface area contributed by atoms with Crippen molar-refractivity contribution in [3.63, 3.8) is 0 Å². The topological polar surface area (TPSA) is 42.2 Å². The van der Waals surface area contributed by atoms with E-state index in [4.69, 9.17) is 16.7 Å². The Balaban J connectivity index is 1.57. The molecule has 0 aromatic carbocycles. The van der Waals surface area contributed by atoms with E-state index in [1.54, 1.807) is 23.1 Å². The van der Waals surface area contributed by atoms with Gasteiger partial charge in [0.1, 0.15) is 4.32 Å². The number of hydrogen-bond donors (Lipinski definition) is 0. The molecule has 3 rings (SSSR count). The fraction of sp³-hybridized carbons (Fsp3) is 0.417. The zero-order valence-electron chi connectivity index (χ0n) is 10.2. The predicted octanol–water partition coefficient (Wildman–Crippen LogP) is 3.41. The minimum absolute atomic E-state index is 0.587. The van der Waals surface area contributed by atoms with Crippen LogP contribution in [0.4, 0.5) is 0 Å². The highest BCUT2D eigenvalue weighted by Crippen LogP contribution is 2.23. The molecule has 1 aliphatic heterocycles. The third-order valence-corrected chi connectivity index (χ3v) is 5.13. The number of thiophene rings is 1. The first-order chi connectivity index (χ1) is 9.33. The summed E-state index contributed by atoms with van der Waals surface area (Å²) in [6.45, 7) is 2.16. The highest BCUT2D eigenvalue weighted by atomic mass is 32.2. The van der Waals surface area contributed by atoms with E-state index in [2.05, 4.69) is 15.0 Å². The predicted molar refractivity (Wildman–Crippen MR) is 82.3 cm³/mol. The summed E-state index contributed by atoms with van der Waals surface area (Å²) in [6.07, 6.45) is 2.48. The SMILES string of the molecule is S=C(SCc1noc(-c2ccsc2)n1)N1CCCC1. The lowest BCUT2D eigenvalue weighted by Gasteiger charge is -2.16. The molecule has 0 radical (unpaired) electrons. The molecule has 0 spiro atoms. The van der Waals surface area contributed by atoms with Gasteiger partial charge in [0, 0.05) is 18.5 Å². The summed E-state index contributed by atoms with van der Waals surface area (Å²) in [7, 11) is 0. The van der Waals surface area contributed by atoms with Crippen molar-refractivity contribution in [1.29, 1.82) is 0 Å². The molecule has 1 aliphatic rings. The molecule has 1 saturated heterocycles. The van der Waals surface area contributed by atoms with E-state index >= 15 is 0 Å². The molecule has 2 aromatic rings. The maximum absolute atomic E-state index is 5.40. The Morgan fingerprint density at radius 1 is 1.47 bits per heavy atom. The average molecular weight is 311 g/mol. The Bertz CT molecular complexity index is 546. The molecular formula is C12H13N3OS3. The van der Waals surface area contributed by atoms with Gasteiger partial charge in [-0.1, -0.05) is 29.1 Å². The van der Waals surface area contributed by atoms with Crippen LogP contribution < -0.4 is 0 Å². The molecule has 0 bridgehead atoms. The molecule has 19 heavy (non-hydrogen) atoms. The summed E-state index contributed by atoms with van der Waals surface area (Å²) in [5.41, 5.74) is 0.982. The Hall–Kier alpha value is -0.920. The van der Waals surface area contributed by atoms with Crippen LogP contribution in [0.5, 0.6) is 0 Å². The van der Waals surface area contributed by atoms with Crippen molar-refractivity contribution in [1.82, 2.24) is 15.0 Å². The van der Waals surface area contributed by atoms with Gasteiger partial charge in [0.25, 0.3) is 5.89 Å². The van der Waals surface area contributed by atoms with Crippen LogP contribution in [0.1, 0.15) is 18.7 Å². The summed E-state index contributed by atoms with van der Waals surface area (Å²) < 4.78 is 6.19. The summed E-state index contributed by atoms with van der Waals surface area (Å²) in [6, 6.07) is 1.98. The first kappa shape index (κ1) is 13.1. The second kappa shape index (κ2) is 6.02. The third-order valence-electron chi connectivity index (χ3n) is 2.93. The molecule has 0 aliphatic carbocycles. The molecule has 0 amide bonds. The van der Waals surface area contributed by atoms with Crippen molar-refractivity contribution in [3.05, 3.63) is 22.7 Å². The summed E-state index contributed by atoms with van der Waals surface area (Å²) in [5, 5.41) is 7.99. The van der Waals surface area contributed by atoms with Crippen molar-refractivity contribution < 1.29 is 4.52 Å². The Morgan fingerprint density at radius 2 is 2.32 bits per heavy atom. The second-order valence-corrected chi connectivity index (χ2v) is 6.67. The summed E-state index contributed by atoms with van der Waals surface area (Å²) >= 11 is 8.63. The van der Waals surface area contributed by atoms with Crippen molar-refractivity contribution in [2.45, 2.75) is 18.6 Å². The van der Waals surface area contributed by atoms with Crippen LogP contribution >= 0.6 is 35.3 Å². The number of rotatable bonds is 3. The lowest BCUT2D eigenvalue weighted by Crippen LogP contribution is -2.23. The highest BCUT2D eigenvalue weighted by Gasteiger charge is 2.16. The third kappa shape index (κ3) is 3.16. The molecule has 3 heterocycles. The Morgan fingerprint density at radius 3 is 3.05 bits per heavy atom. The quantitative estimate of drug-likeness (QED) is 0.809. The van der Waals surface area contributed by atoms with E-state index in [0.717, 1.165) is 23.0 Å². The molecule has 4 nitrogen and oxygen atoms in total. The van der Waals surface area contributed by atoms with E-state index in [1.807, 2.05) is 16.8 Å². The standard InChI is InChI=1S/C12H13N3OS3/c17-12(15-4-1-2-5-15)19-8-10-13-11(16-14-10)9-3-6-18-7-9/h3,6-7H,1-2,4-5,8H2. The van der Waals surface area contributed by atoms with Crippen LogP contribution in [0.2, 0.25) is 0 Å². The van der Waals surface area contributed by atoms with E-state index < -0.39 is 0 Å². The second-order valence-electron chi connectivity index (χ2n) is 4.28. The maximum Gasteiger partial charge on any atom is 0.258 e. The van der Waals surface area contributed by atoms with Gasteiger partial charge >= 0.3 is 0 Å². The molecule has 0 atom stereocenters. The van der Waals surface area contributed by atoms with E-state index in [-0.39, 0.29) is 0 Å². The molecule has 2 aromatic heterocycles. The van der Waals surface area contributed by atoms with Crippen LogP contribution in [-0.2, 0) is 5.75 Å². The largest absolute Gasteiger partial charge is 0.358 e. The van der Waals surface area contributed by atoms with Gasteiger partial charge in [0.2, 0.25) is 0 Å². The number of thiocarbonyl (C=S) groups is 1. The zero-order chi connectivity index (χ0) is 13.1. The minimum atomic E-state index is 0.587. The van der Waals surface area contributed by atoms with Gasteiger partial charge in [-0.25, -0.2) is 0 Å². The monoisotopic (exact) mass is 311 g/mol. The number of hydrogen-bond acceptors (Lipinski definition) is 6. The van der Waals surface area contributed by atoms with Gasteiger partial charge in [-0.2, -0.15) is 16.3 Å². The number of thioether (sulfide) groups is 1. The maximum atomic E-state index is 5.40. The molecular weight excluding hydrogens is 298 g/mol. The molecule has 100 valence electrons. The lowest BCUT2D eigenvalue weighted by atomic mass is 10.3. The normalized spacial score (nSPS) is 15.1. The van der Waals surface area contributed by atoms with Gasteiger partial charge in [-0.15, -0.1) is 0 Å². The summed E-state index contributed by atoms with van der Waals surface area (Å²) in [5.74, 6) is 1.96. The van der Waals surface area contributed by atoms with E-state index in [9.17, 15) is 0 Å².